The van der Waals surface area contributed by atoms with Gasteiger partial charge in [0.15, 0.2) is 0 Å². The fraction of sp³-hybridized carbons (Fsp3) is 0.417. The molecule has 0 spiro atoms. The number of hydrogen-bond acceptors (Lipinski definition) is 5. The van der Waals surface area contributed by atoms with Crippen LogP contribution in [-0.2, 0) is 4.74 Å². The number of carbonyl (C=O) groups is 1. The molecule has 0 saturated heterocycles. The van der Waals surface area contributed by atoms with Crippen LogP contribution in [0.5, 0.6) is 0 Å². The first-order valence-corrected chi connectivity index (χ1v) is 5.70. The molecule has 0 aliphatic rings. The van der Waals surface area contributed by atoms with Crippen LogP contribution >= 0.6 is 0 Å². The van der Waals surface area contributed by atoms with E-state index in [9.17, 15) is 14.9 Å². The van der Waals surface area contributed by atoms with E-state index in [2.05, 4.69) is 5.32 Å². The van der Waals surface area contributed by atoms with Crippen molar-refractivity contribution in [2.45, 2.75) is 6.92 Å². The van der Waals surface area contributed by atoms with Crippen LogP contribution < -0.4 is 5.32 Å². The fourth-order valence-electron chi connectivity index (χ4n) is 1.60. The number of nitro benzene ring substituents is 1. The molecule has 0 amide bonds. The Morgan fingerprint density at radius 3 is 2.79 bits per heavy atom. The van der Waals surface area contributed by atoms with Crippen molar-refractivity contribution in [1.82, 2.24) is 0 Å². The monoisotopic (exact) mass is 268 g/mol. The second-order valence-corrected chi connectivity index (χ2v) is 4.24. The van der Waals surface area contributed by atoms with Crippen molar-refractivity contribution in [1.29, 1.82) is 0 Å². The minimum atomic E-state index is -1.12. The molecule has 0 fully saturated rings. The highest BCUT2D eigenvalue weighted by atomic mass is 16.6. The van der Waals surface area contributed by atoms with E-state index in [0.29, 0.717) is 13.2 Å². The van der Waals surface area contributed by atoms with E-state index in [0.717, 1.165) is 0 Å². The third kappa shape index (κ3) is 4.22. The van der Waals surface area contributed by atoms with E-state index in [-0.39, 0.29) is 22.9 Å². The second kappa shape index (κ2) is 6.69. The average Bonchev–Trinajstić information content (AvgIpc) is 2.36. The standard InChI is InChI=1S/C12H16N2O5/c1-8(7-19-2)6-13-10-5-9(12(15)16)3-4-11(10)14(17)18/h3-5,8,13H,6-7H2,1-2H3,(H,15,16). The lowest BCUT2D eigenvalue weighted by molar-refractivity contribution is -0.384. The lowest BCUT2D eigenvalue weighted by Gasteiger charge is -2.13. The Morgan fingerprint density at radius 2 is 2.26 bits per heavy atom. The summed E-state index contributed by atoms with van der Waals surface area (Å²) < 4.78 is 4.96. The third-order valence-electron chi connectivity index (χ3n) is 2.53. The normalized spacial score (nSPS) is 11.9. The summed E-state index contributed by atoms with van der Waals surface area (Å²) in [4.78, 5) is 21.2. The number of nitro groups is 1. The van der Waals surface area contributed by atoms with Gasteiger partial charge >= 0.3 is 5.97 Å². The SMILES string of the molecule is COCC(C)CNc1cc(C(=O)O)ccc1[N+](=O)[O-]. The molecule has 0 aliphatic heterocycles. The Kier molecular flexibility index (Phi) is 5.25. The first-order chi connectivity index (χ1) is 8.95. The predicted molar refractivity (Wildman–Crippen MR) is 69.6 cm³/mol. The Hall–Kier alpha value is -2.15. The number of hydrogen-bond donors (Lipinski definition) is 2. The molecule has 0 aliphatic carbocycles. The minimum Gasteiger partial charge on any atom is -0.478 e. The highest BCUT2D eigenvalue weighted by Gasteiger charge is 2.16. The van der Waals surface area contributed by atoms with Gasteiger partial charge in [-0.15, -0.1) is 0 Å². The summed E-state index contributed by atoms with van der Waals surface area (Å²) in [7, 11) is 1.57. The summed E-state index contributed by atoms with van der Waals surface area (Å²) in [6.45, 7) is 2.89. The second-order valence-electron chi connectivity index (χ2n) is 4.24. The smallest absolute Gasteiger partial charge is 0.335 e. The van der Waals surface area contributed by atoms with Crippen LogP contribution in [0.15, 0.2) is 18.2 Å². The number of benzene rings is 1. The molecule has 19 heavy (non-hydrogen) atoms. The van der Waals surface area contributed by atoms with E-state index in [4.69, 9.17) is 9.84 Å². The van der Waals surface area contributed by atoms with Gasteiger partial charge in [-0.1, -0.05) is 6.92 Å². The largest absolute Gasteiger partial charge is 0.478 e. The Morgan fingerprint density at radius 1 is 1.58 bits per heavy atom. The molecule has 1 rings (SSSR count). The Bertz CT molecular complexity index is 475. The summed E-state index contributed by atoms with van der Waals surface area (Å²) in [6.07, 6.45) is 0. The predicted octanol–water partition coefficient (Wildman–Crippen LogP) is 1.99. The third-order valence-corrected chi connectivity index (χ3v) is 2.53. The van der Waals surface area contributed by atoms with Crippen LogP contribution in [0, 0.1) is 16.0 Å². The van der Waals surface area contributed by atoms with Gasteiger partial charge in [0.2, 0.25) is 0 Å². The van der Waals surface area contributed by atoms with Crippen LogP contribution in [0.3, 0.4) is 0 Å². The van der Waals surface area contributed by atoms with E-state index in [1.165, 1.54) is 18.2 Å². The number of nitrogens with zero attached hydrogens (tertiary/aromatic N) is 1. The zero-order valence-corrected chi connectivity index (χ0v) is 10.8. The van der Waals surface area contributed by atoms with Gasteiger partial charge in [-0.05, 0) is 18.1 Å². The molecule has 7 heteroatoms. The molecule has 0 bridgehead atoms. The molecule has 1 unspecified atom stereocenters. The number of ether oxygens (including phenoxy) is 1. The molecule has 1 aromatic carbocycles. The van der Waals surface area contributed by atoms with Crippen LogP contribution in [0.25, 0.3) is 0 Å². The topological polar surface area (TPSA) is 102 Å². The maximum absolute atomic E-state index is 10.9. The molecule has 1 atom stereocenters. The van der Waals surface area contributed by atoms with E-state index in [1.807, 2.05) is 6.92 Å². The van der Waals surface area contributed by atoms with Crippen molar-refractivity contribution in [2.75, 3.05) is 25.6 Å². The summed E-state index contributed by atoms with van der Waals surface area (Å²) in [5, 5.41) is 22.6. The van der Waals surface area contributed by atoms with Gasteiger partial charge in [-0.25, -0.2) is 4.79 Å². The molecule has 0 radical (unpaired) electrons. The summed E-state index contributed by atoms with van der Waals surface area (Å²) in [5.74, 6) is -0.971. The lowest BCUT2D eigenvalue weighted by atomic mass is 10.1. The zero-order valence-electron chi connectivity index (χ0n) is 10.8. The zero-order chi connectivity index (χ0) is 14.4. The minimum absolute atomic E-state index is 0.00694. The quantitative estimate of drug-likeness (QED) is 0.579. The van der Waals surface area contributed by atoms with Crippen molar-refractivity contribution in [3.05, 3.63) is 33.9 Å². The van der Waals surface area contributed by atoms with Crippen LogP contribution in [0.1, 0.15) is 17.3 Å². The number of carboxylic acids is 1. The molecular weight excluding hydrogens is 252 g/mol. The van der Waals surface area contributed by atoms with Gasteiger partial charge in [0, 0.05) is 19.7 Å². The molecule has 0 aromatic heterocycles. The molecule has 0 saturated carbocycles. The number of rotatable bonds is 7. The first-order valence-electron chi connectivity index (χ1n) is 5.70. The van der Waals surface area contributed by atoms with Crippen molar-refractivity contribution in [2.24, 2.45) is 5.92 Å². The molecular formula is C12H16N2O5. The van der Waals surface area contributed by atoms with Gasteiger partial charge in [0.05, 0.1) is 17.1 Å². The number of aromatic carboxylic acids is 1. The van der Waals surface area contributed by atoms with Crippen molar-refractivity contribution in [3.8, 4) is 0 Å². The number of anilines is 1. The van der Waals surface area contributed by atoms with Gasteiger partial charge in [-0.3, -0.25) is 10.1 Å². The average molecular weight is 268 g/mol. The molecule has 7 nitrogen and oxygen atoms in total. The van der Waals surface area contributed by atoms with E-state index >= 15 is 0 Å². The summed E-state index contributed by atoms with van der Waals surface area (Å²) in [5.41, 5.74) is 0.0648. The molecule has 2 N–H and O–H groups in total. The van der Waals surface area contributed by atoms with Crippen molar-refractivity contribution >= 4 is 17.3 Å². The van der Waals surface area contributed by atoms with Crippen molar-refractivity contribution < 1.29 is 19.6 Å². The van der Waals surface area contributed by atoms with Gasteiger partial charge in [0.25, 0.3) is 5.69 Å². The maximum Gasteiger partial charge on any atom is 0.335 e. The number of carboxylic acid groups (broad SMARTS) is 1. The molecule has 104 valence electrons. The van der Waals surface area contributed by atoms with Crippen LogP contribution in [0.2, 0.25) is 0 Å². The maximum atomic E-state index is 10.9. The van der Waals surface area contributed by atoms with Crippen LogP contribution in [0.4, 0.5) is 11.4 Å². The molecule has 1 aromatic rings. The summed E-state index contributed by atoms with van der Waals surface area (Å²) >= 11 is 0. The fourth-order valence-corrected chi connectivity index (χ4v) is 1.60. The first kappa shape index (κ1) is 14.9. The van der Waals surface area contributed by atoms with Gasteiger partial charge in [0.1, 0.15) is 5.69 Å². The van der Waals surface area contributed by atoms with Gasteiger partial charge in [-0.2, -0.15) is 0 Å². The van der Waals surface area contributed by atoms with Crippen LogP contribution in [-0.4, -0.2) is 36.3 Å². The van der Waals surface area contributed by atoms with Crippen molar-refractivity contribution in [3.63, 3.8) is 0 Å². The Labute approximate surface area is 110 Å². The highest BCUT2D eigenvalue weighted by molar-refractivity contribution is 5.90. The summed E-state index contributed by atoms with van der Waals surface area (Å²) in [6, 6.07) is 3.66. The van der Waals surface area contributed by atoms with E-state index in [1.54, 1.807) is 7.11 Å². The number of nitrogens with one attached hydrogen (secondary N) is 1. The lowest BCUT2D eigenvalue weighted by Crippen LogP contribution is -2.16. The number of methoxy groups -OCH3 is 1. The Balaban J connectivity index is 2.91. The van der Waals surface area contributed by atoms with Gasteiger partial charge < -0.3 is 15.2 Å². The highest BCUT2D eigenvalue weighted by Crippen LogP contribution is 2.25. The van der Waals surface area contributed by atoms with E-state index < -0.39 is 10.9 Å². The molecule has 0 heterocycles.